The van der Waals surface area contributed by atoms with Crippen molar-refractivity contribution in [2.24, 2.45) is 0 Å². The van der Waals surface area contributed by atoms with Crippen LogP contribution in [0.5, 0.6) is 11.5 Å². The minimum Gasteiger partial charge on any atom is -0.509 e. The molecule has 3 aromatic heterocycles. The van der Waals surface area contributed by atoms with Gasteiger partial charge in [0.05, 0.1) is 11.0 Å². The van der Waals surface area contributed by atoms with Crippen molar-refractivity contribution in [1.82, 2.24) is 14.1 Å². The number of aryl methyl sites for hydroxylation is 1. The molecule has 0 bridgehead atoms. The van der Waals surface area contributed by atoms with Crippen LogP contribution in [0.4, 0.5) is 11.4 Å². The van der Waals surface area contributed by atoms with Gasteiger partial charge in [-0.05, 0) is 72.6 Å². The number of benzene rings is 6. The van der Waals surface area contributed by atoms with E-state index in [1.807, 2.05) is 36.7 Å². The van der Waals surface area contributed by atoms with Gasteiger partial charge in [0.1, 0.15) is 5.82 Å². The molecule has 1 aliphatic rings. The van der Waals surface area contributed by atoms with Gasteiger partial charge in [-0.25, -0.2) is 4.98 Å². The zero-order valence-electron chi connectivity index (χ0n) is 31.5. The first-order chi connectivity index (χ1) is 26.8. The summed E-state index contributed by atoms with van der Waals surface area (Å²) in [7, 11) is 0. The molecule has 0 aliphatic carbocycles. The molecule has 0 atom stereocenters. The molecule has 0 spiro atoms. The first-order valence-corrected chi connectivity index (χ1v) is 18.6. The first-order valence-electron chi connectivity index (χ1n) is 18.6. The Morgan fingerprint density at radius 2 is 1.30 bits per heavy atom. The Balaban J connectivity index is 0.00000410. The monoisotopic (exact) mass is 907 g/mol. The molecule has 278 valence electrons. The second kappa shape index (κ2) is 13.9. The number of para-hydroxylation sites is 3. The molecule has 4 heterocycles. The largest absolute Gasteiger partial charge is 0.509 e. The molecule has 0 radical (unpaired) electrons. The number of hydrogen-bond donors (Lipinski definition) is 0. The van der Waals surface area contributed by atoms with Crippen LogP contribution in [0.1, 0.15) is 31.9 Å². The van der Waals surface area contributed by atoms with Crippen LogP contribution in [-0.4, -0.2) is 14.1 Å². The molecule has 0 fully saturated rings. The van der Waals surface area contributed by atoms with Crippen molar-refractivity contribution < 1.29 is 25.8 Å². The Bertz CT molecular complexity index is 2940. The van der Waals surface area contributed by atoms with E-state index in [-0.39, 0.29) is 26.5 Å². The Morgan fingerprint density at radius 3 is 2.09 bits per heavy atom. The zero-order valence-corrected chi connectivity index (χ0v) is 33.7. The quantitative estimate of drug-likeness (QED) is 0.156. The van der Waals surface area contributed by atoms with Crippen LogP contribution in [0.3, 0.4) is 0 Å². The molecule has 7 heteroatoms. The van der Waals surface area contributed by atoms with E-state index in [1.54, 1.807) is 0 Å². The van der Waals surface area contributed by atoms with Crippen LogP contribution in [0.25, 0.3) is 55.1 Å². The van der Waals surface area contributed by atoms with Gasteiger partial charge < -0.3 is 23.7 Å². The zero-order chi connectivity index (χ0) is 37.3. The van der Waals surface area contributed by atoms with Crippen molar-refractivity contribution in [2.75, 3.05) is 9.80 Å². The van der Waals surface area contributed by atoms with Crippen LogP contribution < -0.4 is 14.5 Å². The molecule has 0 amide bonds. The maximum absolute atomic E-state index is 6.69. The molecule has 0 saturated heterocycles. The third-order valence-corrected chi connectivity index (χ3v) is 10.5. The fourth-order valence-corrected chi connectivity index (χ4v) is 7.69. The SMILES string of the molecule is Cc1ccc2c(c1)c1cnc(-n3c4[c-]c(Oc5[c-]c(N6C=CN(c7ccccc7)[CH-]6)cc(C(C)(C)C)c5)ccc4c4ccccc43)cc1n2-c1ccccc1.[Pt]. The van der Waals surface area contributed by atoms with E-state index in [1.165, 1.54) is 10.9 Å². The standard InChI is InChI=1S/C49H38N5O.Pt/c1-33-19-22-45-42(25-33)43-31-50-48(30-47(43)53(45)36-15-9-6-10-16-36)54-44-18-12-11-17-40(44)41-21-20-38(29-46(41)54)55-39-27-34(49(2,3)4)26-37(28-39)52-24-23-51(32-52)35-13-7-5-8-14-35;/h5-27,30-32H,1-4H3;/q-3;. The summed E-state index contributed by atoms with van der Waals surface area (Å²) < 4.78 is 11.2. The molecule has 56 heavy (non-hydrogen) atoms. The van der Waals surface area contributed by atoms with E-state index in [4.69, 9.17) is 9.72 Å². The molecule has 9 aromatic rings. The van der Waals surface area contributed by atoms with Crippen molar-refractivity contribution in [3.63, 3.8) is 0 Å². The fourth-order valence-electron chi connectivity index (χ4n) is 7.69. The van der Waals surface area contributed by atoms with Crippen molar-refractivity contribution in [3.8, 4) is 23.0 Å². The van der Waals surface area contributed by atoms with E-state index in [2.05, 4.69) is 181 Å². The van der Waals surface area contributed by atoms with E-state index in [0.717, 1.165) is 66.7 Å². The summed E-state index contributed by atoms with van der Waals surface area (Å²) in [5.41, 5.74) is 9.54. The van der Waals surface area contributed by atoms with Crippen LogP contribution in [0, 0.1) is 25.7 Å². The fraction of sp³-hybridized carbons (Fsp3) is 0.102. The van der Waals surface area contributed by atoms with E-state index in [9.17, 15) is 0 Å². The average molecular weight is 908 g/mol. The van der Waals surface area contributed by atoms with E-state index >= 15 is 0 Å². The molecule has 1 aliphatic heterocycles. The molecule has 6 aromatic carbocycles. The smallest absolute Gasteiger partial charge is 0.137 e. The third kappa shape index (κ3) is 6.15. The van der Waals surface area contributed by atoms with Gasteiger partial charge in [0.2, 0.25) is 0 Å². The summed E-state index contributed by atoms with van der Waals surface area (Å²) in [5, 5.41) is 4.51. The Labute approximate surface area is 341 Å². The maximum Gasteiger partial charge on any atom is 0.137 e. The molecule has 10 rings (SSSR count). The van der Waals surface area contributed by atoms with Crippen LogP contribution in [0.2, 0.25) is 0 Å². The minimum atomic E-state index is -0.115. The van der Waals surface area contributed by atoms with Crippen molar-refractivity contribution in [2.45, 2.75) is 33.1 Å². The summed E-state index contributed by atoms with van der Waals surface area (Å²) in [4.78, 5) is 9.32. The van der Waals surface area contributed by atoms with Gasteiger partial charge in [0.25, 0.3) is 0 Å². The number of nitrogens with zero attached hydrogens (tertiary/aromatic N) is 5. The van der Waals surface area contributed by atoms with Crippen molar-refractivity contribution in [1.29, 1.82) is 0 Å². The minimum absolute atomic E-state index is 0. The number of hydrogen-bond acceptors (Lipinski definition) is 4. The summed E-state index contributed by atoms with van der Waals surface area (Å²) in [5.74, 6) is 2.04. The molecule has 0 N–H and O–H groups in total. The van der Waals surface area contributed by atoms with Crippen molar-refractivity contribution >= 4 is 55.0 Å². The number of fused-ring (bicyclic) bond motifs is 6. The van der Waals surface area contributed by atoms with Crippen molar-refractivity contribution in [3.05, 3.63) is 182 Å². The number of aromatic nitrogens is 3. The summed E-state index contributed by atoms with van der Waals surface area (Å²) >= 11 is 0. The number of anilines is 2. The second-order valence-corrected chi connectivity index (χ2v) is 15.2. The Morgan fingerprint density at radius 1 is 0.589 bits per heavy atom. The van der Waals surface area contributed by atoms with Gasteiger partial charge in [-0.2, -0.15) is 6.07 Å². The predicted molar refractivity (Wildman–Crippen MR) is 225 cm³/mol. The van der Waals surface area contributed by atoms with Gasteiger partial charge in [0, 0.05) is 72.5 Å². The summed E-state index contributed by atoms with van der Waals surface area (Å²) in [6.07, 6.45) is 6.12. The summed E-state index contributed by atoms with van der Waals surface area (Å²) in [6, 6.07) is 53.8. The molecule has 0 saturated carbocycles. The molecular weight excluding hydrogens is 870 g/mol. The summed E-state index contributed by atoms with van der Waals surface area (Å²) in [6.45, 7) is 10.9. The van der Waals surface area contributed by atoms with Gasteiger partial charge in [-0.15, -0.1) is 53.6 Å². The molecule has 0 unspecified atom stereocenters. The van der Waals surface area contributed by atoms with Gasteiger partial charge in [-0.3, -0.25) is 0 Å². The maximum atomic E-state index is 6.69. The molecular formula is C49H38N5OPt-3. The topological polar surface area (TPSA) is 38.5 Å². The Kier molecular flexibility index (Phi) is 8.82. The van der Waals surface area contributed by atoms with Gasteiger partial charge in [0.15, 0.2) is 0 Å². The van der Waals surface area contributed by atoms with Gasteiger partial charge >= 0.3 is 0 Å². The van der Waals surface area contributed by atoms with Crippen LogP contribution >= 0.6 is 0 Å². The van der Waals surface area contributed by atoms with Crippen LogP contribution in [-0.2, 0) is 26.5 Å². The number of rotatable bonds is 6. The van der Waals surface area contributed by atoms with Crippen LogP contribution in [0.15, 0.2) is 152 Å². The second-order valence-electron chi connectivity index (χ2n) is 15.2. The third-order valence-electron chi connectivity index (χ3n) is 10.5. The first kappa shape index (κ1) is 35.6. The Hall–Kier alpha value is -6.10. The number of ether oxygens (including phenoxy) is 1. The van der Waals surface area contributed by atoms with E-state index < -0.39 is 0 Å². The number of pyridine rings is 1. The van der Waals surface area contributed by atoms with Gasteiger partial charge in [-0.1, -0.05) is 92.5 Å². The normalized spacial score (nSPS) is 13.0. The average Bonchev–Trinajstić information content (AvgIpc) is 3.91. The molecule has 6 nitrogen and oxygen atoms in total. The predicted octanol–water partition coefficient (Wildman–Crippen LogP) is 12.2. The van der Waals surface area contributed by atoms with E-state index in [0.29, 0.717) is 11.5 Å².